The van der Waals surface area contributed by atoms with Crippen LogP contribution in [-0.2, 0) is 4.74 Å². The van der Waals surface area contributed by atoms with E-state index in [1.54, 1.807) is 0 Å². The molecule has 1 aliphatic carbocycles. The molecule has 1 N–H and O–H groups in total. The summed E-state index contributed by atoms with van der Waals surface area (Å²) in [5, 5.41) is 3.75. The Bertz CT molecular complexity index is 191. The maximum Gasteiger partial charge on any atom is 0.0779 e. The Morgan fingerprint density at radius 1 is 1.06 bits per heavy atom. The maximum atomic E-state index is 5.82. The van der Waals surface area contributed by atoms with Crippen LogP contribution < -0.4 is 5.32 Å². The molecule has 0 aromatic carbocycles. The summed E-state index contributed by atoms with van der Waals surface area (Å²) in [5.74, 6) is 0. The Morgan fingerprint density at radius 2 is 1.75 bits per heavy atom. The molecule has 1 atom stereocenters. The van der Waals surface area contributed by atoms with Gasteiger partial charge in [0.15, 0.2) is 0 Å². The van der Waals surface area contributed by atoms with Gasteiger partial charge in [0.1, 0.15) is 0 Å². The summed E-state index contributed by atoms with van der Waals surface area (Å²) in [5.41, 5.74) is 0.127. The summed E-state index contributed by atoms with van der Waals surface area (Å²) in [4.78, 5) is 0. The first-order chi connectivity index (χ1) is 7.79. The monoisotopic (exact) mass is 225 g/mol. The number of ether oxygens (including phenoxy) is 1. The number of hydrogen-bond acceptors (Lipinski definition) is 2. The molecule has 0 aromatic rings. The van der Waals surface area contributed by atoms with Gasteiger partial charge in [-0.15, -0.1) is 0 Å². The SMILES string of the molecule is CC1(CNC2CCCCCCC2)CCCO1. The minimum Gasteiger partial charge on any atom is -0.374 e. The molecule has 0 bridgehead atoms. The molecule has 1 aliphatic heterocycles. The number of rotatable bonds is 3. The lowest BCUT2D eigenvalue weighted by Crippen LogP contribution is -2.42. The van der Waals surface area contributed by atoms with Crippen molar-refractivity contribution in [2.24, 2.45) is 0 Å². The Hall–Kier alpha value is -0.0800. The molecule has 1 heterocycles. The summed E-state index contributed by atoms with van der Waals surface area (Å²) >= 11 is 0. The maximum absolute atomic E-state index is 5.82. The van der Waals surface area contributed by atoms with Gasteiger partial charge in [-0.1, -0.05) is 32.1 Å². The van der Waals surface area contributed by atoms with Gasteiger partial charge in [0.25, 0.3) is 0 Å². The summed E-state index contributed by atoms with van der Waals surface area (Å²) < 4.78 is 5.82. The Kier molecular flexibility index (Phi) is 4.66. The van der Waals surface area contributed by atoms with Crippen molar-refractivity contribution < 1.29 is 4.74 Å². The summed E-state index contributed by atoms with van der Waals surface area (Å²) in [6.07, 6.45) is 12.4. The predicted octanol–water partition coefficient (Wildman–Crippen LogP) is 3.26. The van der Waals surface area contributed by atoms with Crippen LogP contribution in [0, 0.1) is 0 Å². The zero-order valence-electron chi connectivity index (χ0n) is 10.8. The van der Waals surface area contributed by atoms with E-state index in [0.29, 0.717) is 0 Å². The highest BCUT2D eigenvalue weighted by Gasteiger charge is 2.30. The van der Waals surface area contributed by atoms with Crippen LogP contribution in [0.25, 0.3) is 0 Å². The molecule has 2 nitrogen and oxygen atoms in total. The molecule has 0 spiro atoms. The minimum atomic E-state index is 0.127. The highest BCUT2D eigenvalue weighted by Crippen LogP contribution is 2.25. The molecule has 0 amide bonds. The fourth-order valence-electron chi connectivity index (χ4n) is 3.00. The van der Waals surface area contributed by atoms with Crippen molar-refractivity contribution in [1.82, 2.24) is 5.32 Å². The van der Waals surface area contributed by atoms with E-state index in [4.69, 9.17) is 4.74 Å². The third kappa shape index (κ3) is 3.74. The molecular weight excluding hydrogens is 198 g/mol. The Balaban J connectivity index is 1.70. The van der Waals surface area contributed by atoms with Crippen molar-refractivity contribution in [2.45, 2.75) is 76.4 Å². The van der Waals surface area contributed by atoms with Gasteiger partial charge >= 0.3 is 0 Å². The average Bonchev–Trinajstić information content (AvgIpc) is 2.64. The summed E-state index contributed by atoms with van der Waals surface area (Å²) in [7, 11) is 0. The molecule has 2 rings (SSSR count). The number of nitrogens with one attached hydrogen (secondary N) is 1. The fourth-order valence-corrected chi connectivity index (χ4v) is 3.00. The lowest BCUT2D eigenvalue weighted by Gasteiger charge is -2.28. The molecule has 2 fully saturated rings. The van der Waals surface area contributed by atoms with Crippen LogP contribution in [-0.4, -0.2) is 24.8 Å². The van der Waals surface area contributed by atoms with Gasteiger partial charge in [-0.05, 0) is 32.6 Å². The van der Waals surface area contributed by atoms with Crippen LogP contribution in [0.2, 0.25) is 0 Å². The second-order valence-corrected chi connectivity index (χ2v) is 5.82. The van der Waals surface area contributed by atoms with Gasteiger partial charge in [-0.2, -0.15) is 0 Å². The molecule has 16 heavy (non-hydrogen) atoms. The molecule has 1 unspecified atom stereocenters. The van der Waals surface area contributed by atoms with Crippen LogP contribution in [0.4, 0.5) is 0 Å². The van der Waals surface area contributed by atoms with E-state index in [0.717, 1.165) is 19.2 Å². The van der Waals surface area contributed by atoms with Crippen LogP contribution in [0.15, 0.2) is 0 Å². The van der Waals surface area contributed by atoms with Crippen molar-refractivity contribution in [2.75, 3.05) is 13.2 Å². The highest BCUT2D eigenvalue weighted by molar-refractivity contribution is 4.84. The second-order valence-electron chi connectivity index (χ2n) is 5.82. The minimum absolute atomic E-state index is 0.127. The molecule has 2 aliphatic rings. The van der Waals surface area contributed by atoms with E-state index in [-0.39, 0.29) is 5.60 Å². The number of hydrogen-bond donors (Lipinski definition) is 1. The van der Waals surface area contributed by atoms with Gasteiger partial charge in [-0.3, -0.25) is 0 Å². The van der Waals surface area contributed by atoms with Crippen LogP contribution in [0.5, 0.6) is 0 Å². The summed E-state index contributed by atoms with van der Waals surface area (Å²) in [6, 6.07) is 0.751. The van der Waals surface area contributed by atoms with E-state index < -0.39 is 0 Å². The van der Waals surface area contributed by atoms with Gasteiger partial charge < -0.3 is 10.1 Å². The van der Waals surface area contributed by atoms with E-state index in [9.17, 15) is 0 Å². The zero-order chi connectivity index (χ0) is 11.3. The van der Waals surface area contributed by atoms with Gasteiger partial charge in [0.2, 0.25) is 0 Å². The van der Waals surface area contributed by atoms with E-state index in [2.05, 4.69) is 12.2 Å². The van der Waals surface area contributed by atoms with E-state index in [1.807, 2.05) is 0 Å². The Morgan fingerprint density at radius 3 is 2.38 bits per heavy atom. The van der Waals surface area contributed by atoms with Gasteiger partial charge in [0, 0.05) is 19.2 Å². The third-order valence-corrected chi connectivity index (χ3v) is 4.17. The highest BCUT2D eigenvalue weighted by atomic mass is 16.5. The standard InChI is InChI=1S/C14H27NO/c1-14(10-7-11-16-14)12-15-13-8-5-3-2-4-6-9-13/h13,15H,2-12H2,1H3. The lowest BCUT2D eigenvalue weighted by atomic mass is 9.95. The van der Waals surface area contributed by atoms with Crippen molar-refractivity contribution >= 4 is 0 Å². The molecule has 0 aromatic heterocycles. The lowest BCUT2D eigenvalue weighted by molar-refractivity contribution is 0.0181. The van der Waals surface area contributed by atoms with Crippen molar-refractivity contribution in [3.05, 3.63) is 0 Å². The fraction of sp³-hybridized carbons (Fsp3) is 1.00. The predicted molar refractivity (Wildman–Crippen MR) is 67.7 cm³/mol. The molecule has 94 valence electrons. The van der Waals surface area contributed by atoms with Crippen LogP contribution in [0.1, 0.15) is 64.7 Å². The molecular formula is C14H27NO. The quantitative estimate of drug-likeness (QED) is 0.796. The summed E-state index contributed by atoms with van der Waals surface area (Å²) in [6.45, 7) is 4.27. The Labute approximate surface area is 100 Å². The van der Waals surface area contributed by atoms with Gasteiger partial charge in [0.05, 0.1) is 5.60 Å². The molecule has 2 heteroatoms. The molecule has 0 radical (unpaired) electrons. The van der Waals surface area contributed by atoms with Gasteiger partial charge in [-0.25, -0.2) is 0 Å². The molecule has 1 saturated carbocycles. The largest absolute Gasteiger partial charge is 0.374 e. The average molecular weight is 225 g/mol. The first-order valence-corrected chi connectivity index (χ1v) is 7.16. The van der Waals surface area contributed by atoms with Crippen LogP contribution >= 0.6 is 0 Å². The topological polar surface area (TPSA) is 21.3 Å². The van der Waals surface area contributed by atoms with Crippen LogP contribution in [0.3, 0.4) is 0 Å². The normalized spacial score (nSPS) is 33.6. The third-order valence-electron chi connectivity index (χ3n) is 4.17. The van der Waals surface area contributed by atoms with Crippen molar-refractivity contribution in [3.63, 3.8) is 0 Å². The van der Waals surface area contributed by atoms with E-state index >= 15 is 0 Å². The van der Waals surface area contributed by atoms with Crippen molar-refractivity contribution in [3.8, 4) is 0 Å². The second kappa shape index (κ2) is 6.02. The van der Waals surface area contributed by atoms with E-state index in [1.165, 1.54) is 57.8 Å². The van der Waals surface area contributed by atoms with Crippen molar-refractivity contribution in [1.29, 1.82) is 0 Å². The smallest absolute Gasteiger partial charge is 0.0779 e. The zero-order valence-corrected chi connectivity index (χ0v) is 10.8. The first kappa shape index (κ1) is 12.4. The molecule has 1 saturated heterocycles. The first-order valence-electron chi connectivity index (χ1n) is 7.16.